The largest absolute Gasteiger partial charge is 0.454 e. The Bertz CT molecular complexity index is 1510. The first-order valence-electron chi connectivity index (χ1n) is 11.4. The third-order valence-corrected chi connectivity index (χ3v) is 5.56. The summed E-state index contributed by atoms with van der Waals surface area (Å²) in [5.41, 5.74) is 5.06. The summed E-state index contributed by atoms with van der Waals surface area (Å²) in [4.78, 5) is 0. The Hall–Kier alpha value is -3.13. The van der Waals surface area contributed by atoms with E-state index in [1.165, 1.54) is 6.92 Å². The van der Waals surface area contributed by atoms with Crippen LogP contribution in [-0.2, 0) is 7.05 Å². The van der Waals surface area contributed by atoms with Crippen LogP contribution < -0.4 is 4.57 Å². The molecule has 1 unspecified atom stereocenters. The molecule has 0 saturated carbocycles. The highest BCUT2D eigenvalue weighted by Gasteiger charge is 2.21. The molecule has 0 spiro atoms. The topological polar surface area (TPSA) is 17.0 Å². The first-order valence-corrected chi connectivity index (χ1v) is 9.44. The number of hydrogen-bond donors (Lipinski definition) is 0. The summed E-state index contributed by atoms with van der Waals surface area (Å²) < 4.78 is 40.1. The molecule has 0 radical (unpaired) electrons. The van der Waals surface area contributed by atoms with Crippen LogP contribution >= 0.6 is 0 Å². The smallest absolute Gasteiger partial charge is 0.216 e. The van der Waals surface area contributed by atoms with E-state index in [1.807, 2.05) is 36.7 Å². The second kappa shape index (κ2) is 6.20. The molecule has 2 heterocycles. The van der Waals surface area contributed by atoms with E-state index in [-0.39, 0.29) is 0 Å². The molecule has 28 heavy (non-hydrogen) atoms. The van der Waals surface area contributed by atoms with E-state index >= 15 is 0 Å². The monoisotopic (exact) mass is 370 g/mol. The van der Waals surface area contributed by atoms with Crippen molar-refractivity contribution < 1.29 is 14.5 Å². The van der Waals surface area contributed by atoms with Crippen LogP contribution in [0.3, 0.4) is 0 Å². The zero-order valence-electron chi connectivity index (χ0n) is 20.2. The number of benzene rings is 3. The van der Waals surface area contributed by atoms with Crippen molar-refractivity contribution >= 4 is 32.7 Å². The van der Waals surface area contributed by atoms with Gasteiger partial charge in [-0.2, -0.15) is 0 Å². The van der Waals surface area contributed by atoms with Crippen molar-refractivity contribution in [2.75, 3.05) is 0 Å². The fourth-order valence-electron chi connectivity index (χ4n) is 4.07. The summed E-state index contributed by atoms with van der Waals surface area (Å²) in [5, 5.41) is 4.32. The predicted octanol–water partition coefficient (Wildman–Crippen LogP) is 6.66. The number of rotatable bonds is 2. The molecule has 0 saturated heterocycles. The molecule has 0 aliphatic rings. The summed E-state index contributed by atoms with van der Waals surface area (Å²) in [5.74, 6) is -1.69. The van der Waals surface area contributed by atoms with Gasteiger partial charge in [0.15, 0.2) is 6.20 Å². The molecule has 0 bridgehead atoms. The quantitative estimate of drug-likeness (QED) is 0.317. The molecule has 1 atom stereocenters. The van der Waals surface area contributed by atoms with Crippen LogP contribution in [0.2, 0.25) is 0 Å². The van der Waals surface area contributed by atoms with Gasteiger partial charge in [-0.15, -0.1) is 0 Å². The molecule has 5 aromatic rings. The van der Waals surface area contributed by atoms with Crippen molar-refractivity contribution in [1.29, 1.82) is 0 Å². The highest BCUT2D eigenvalue weighted by atomic mass is 16.3. The minimum Gasteiger partial charge on any atom is -0.454 e. The van der Waals surface area contributed by atoms with Gasteiger partial charge in [-0.1, -0.05) is 56.2 Å². The van der Waals surface area contributed by atoms with Crippen molar-refractivity contribution in [2.45, 2.75) is 26.6 Å². The van der Waals surface area contributed by atoms with Gasteiger partial charge in [0.05, 0.1) is 5.56 Å². The average Bonchev–Trinajstić information content (AvgIpc) is 3.12. The van der Waals surface area contributed by atoms with Gasteiger partial charge in [0.1, 0.15) is 18.2 Å². The van der Waals surface area contributed by atoms with Gasteiger partial charge in [0.2, 0.25) is 5.69 Å². The lowest BCUT2D eigenvalue weighted by Gasteiger charge is -2.08. The zero-order valence-corrected chi connectivity index (χ0v) is 16.2. The molecule has 2 heteroatoms. The van der Waals surface area contributed by atoms with Crippen molar-refractivity contribution in [2.24, 2.45) is 7.05 Å². The van der Waals surface area contributed by atoms with Crippen LogP contribution in [0, 0.1) is 6.92 Å². The number of fused-ring (bicyclic) bond motifs is 5. The Morgan fingerprint density at radius 3 is 2.54 bits per heavy atom. The Kier molecular flexibility index (Phi) is 2.90. The molecule has 0 amide bonds. The first-order chi connectivity index (χ1) is 15.1. The van der Waals surface area contributed by atoms with Gasteiger partial charge in [0.25, 0.3) is 0 Å². The average molecular weight is 371 g/mol. The maximum atomic E-state index is 8.42. The second-order valence-electron chi connectivity index (χ2n) is 7.44. The third kappa shape index (κ3) is 2.45. The van der Waals surface area contributed by atoms with Gasteiger partial charge < -0.3 is 4.42 Å². The number of furan rings is 1. The molecule has 138 valence electrons. The molecule has 0 aliphatic carbocycles. The highest BCUT2D eigenvalue weighted by Crippen LogP contribution is 2.39. The van der Waals surface area contributed by atoms with Crippen LogP contribution in [0.4, 0.5) is 0 Å². The summed E-state index contributed by atoms with van der Waals surface area (Å²) >= 11 is 0. The van der Waals surface area contributed by atoms with Crippen molar-refractivity contribution in [3.05, 3.63) is 78.0 Å². The highest BCUT2D eigenvalue weighted by molar-refractivity contribution is 6.17. The SMILES string of the molecule is [2H]C([2H])([2H])C([2H])(C)c1ccc(-c2c(C)ccc3c2oc2c4ccccc4ccc32)[n+](C)c1. The fourth-order valence-corrected chi connectivity index (χ4v) is 4.07. The van der Waals surface area contributed by atoms with E-state index < -0.39 is 12.7 Å². The lowest BCUT2D eigenvalue weighted by Crippen LogP contribution is -2.31. The minimum absolute atomic E-state index is 0.448. The Balaban J connectivity index is 1.77. The van der Waals surface area contributed by atoms with Crippen molar-refractivity contribution in [3.8, 4) is 11.3 Å². The molecule has 3 aromatic carbocycles. The van der Waals surface area contributed by atoms with Gasteiger partial charge in [-0.3, -0.25) is 0 Å². The molecular weight excluding hydrogens is 342 g/mol. The number of pyridine rings is 1. The lowest BCUT2D eigenvalue weighted by atomic mass is 9.98. The fraction of sp³-hybridized carbons (Fsp3) is 0.192. The van der Waals surface area contributed by atoms with Crippen LogP contribution in [0.15, 0.2) is 71.3 Å². The van der Waals surface area contributed by atoms with E-state index in [0.29, 0.717) is 5.56 Å². The maximum Gasteiger partial charge on any atom is 0.216 e. The Labute approximate surface area is 170 Å². The Morgan fingerprint density at radius 1 is 0.929 bits per heavy atom. The second-order valence-corrected chi connectivity index (χ2v) is 7.44. The first kappa shape index (κ1) is 13.1. The summed E-state index contributed by atoms with van der Waals surface area (Å²) in [6, 6.07) is 20.2. The third-order valence-electron chi connectivity index (χ3n) is 5.56. The zero-order chi connectivity index (χ0) is 22.8. The van der Waals surface area contributed by atoms with Crippen molar-refractivity contribution in [3.63, 3.8) is 0 Å². The predicted molar refractivity (Wildman–Crippen MR) is 117 cm³/mol. The molecule has 0 aliphatic heterocycles. The van der Waals surface area contributed by atoms with Gasteiger partial charge in [-0.25, -0.2) is 4.57 Å². The summed E-state index contributed by atoms with van der Waals surface area (Å²) in [7, 11) is 1.88. The maximum absolute atomic E-state index is 8.42. The van der Waals surface area contributed by atoms with Gasteiger partial charge in [0, 0.05) is 33.3 Å². The summed E-state index contributed by atoms with van der Waals surface area (Å²) in [6.07, 6.45) is 1.74. The molecule has 2 nitrogen and oxygen atoms in total. The van der Waals surface area contributed by atoms with Crippen LogP contribution in [0.25, 0.3) is 44.0 Å². The molecule has 0 N–H and O–H groups in total. The molecule has 2 aromatic heterocycles. The van der Waals surface area contributed by atoms with Gasteiger partial charge >= 0.3 is 0 Å². The van der Waals surface area contributed by atoms with Gasteiger partial charge in [-0.05, 0) is 35.9 Å². The van der Waals surface area contributed by atoms with E-state index in [4.69, 9.17) is 9.90 Å². The molecule has 0 fully saturated rings. The lowest BCUT2D eigenvalue weighted by molar-refractivity contribution is -0.660. The number of aromatic nitrogens is 1. The van der Waals surface area contributed by atoms with Crippen LogP contribution in [0.1, 0.15) is 36.3 Å². The van der Waals surface area contributed by atoms with Crippen LogP contribution in [0.5, 0.6) is 0 Å². The molecular formula is C26H24NO+. The Morgan fingerprint density at radius 2 is 1.71 bits per heavy atom. The number of aryl methyl sites for hydroxylation is 2. The van der Waals surface area contributed by atoms with E-state index in [0.717, 1.165) is 49.5 Å². The standard InChI is InChI=1S/C26H24NO/c1-16(2)19-11-14-23(27(4)15-19)24-17(3)9-12-22-21-13-10-18-7-5-6-8-20(18)25(21)28-26(22)24/h5-16H,1-4H3/q+1/i1D3,16D. The van der Waals surface area contributed by atoms with Crippen LogP contribution in [-0.4, -0.2) is 0 Å². The van der Waals surface area contributed by atoms with Crippen molar-refractivity contribution in [1.82, 2.24) is 0 Å². The van der Waals surface area contributed by atoms with E-state index in [2.05, 4.69) is 36.4 Å². The number of nitrogens with zero attached hydrogens (tertiary/aromatic N) is 1. The minimum atomic E-state index is -2.42. The number of hydrogen-bond acceptors (Lipinski definition) is 1. The normalized spacial score (nSPS) is 16.5. The van der Waals surface area contributed by atoms with E-state index in [9.17, 15) is 0 Å². The summed E-state index contributed by atoms with van der Waals surface area (Å²) in [6.45, 7) is 1.06. The molecule has 5 rings (SSSR count). The van der Waals surface area contributed by atoms with E-state index in [1.54, 1.807) is 12.3 Å².